The lowest BCUT2D eigenvalue weighted by Crippen LogP contribution is -2.29. The molecule has 1 aromatic rings. The number of aliphatic hydroxyl groups is 1. The van der Waals surface area contributed by atoms with Gasteiger partial charge in [-0.15, -0.1) is 0 Å². The van der Waals surface area contributed by atoms with Crippen LogP contribution in [0.25, 0.3) is 0 Å². The van der Waals surface area contributed by atoms with Gasteiger partial charge in [0.1, 0.15) is 11.3 Å². The van der Waals surface area contributed by atoms with Crippen LogP contribution in [0.3, 0.4) is 0 Å². The van der Waals surface area contributed by atoms with Gasteiger partial charge in [0.2, 0.25) is 10.0 Å². The Hall–Kier alpha value is -1.64. The number of β-amino-alcohol motifs (C(OH)–C–C–N with tert-alkyl or cyclic N) is 1. The molecule has 1 heterocycles. The monoisotopic (exact) mass is 287 g/mol. The molecule has 1 fully saturated rings. The lowest BCUT2D eigenvalue weighted by Gasteiger charge is -2.16. The molecule has 19 heavy (non-hydrogen) atoms. The zero-order valence-electron chi connectivity index (χ0n) is 9.85. The van der Waals surface area contributed by atoms with Crippen molar-refractivity contribution in [2.24, 2.45) is 0 Å². The normalized spacial score (nSPS) is 20.6. The van der Waals surface area contributed by atoms with Gasteiger partial charge in [-0.25, -0.2) is 13.2 Å². The molecule has 1 saturated heterocycles. The Bertz CT molecular complexity index is 612. The van der Waals surface area contributed by atoms with Gasteiger partial charge < -0.3 is 15.3 Å². The summed E-state index contributed by atoms with van der Waals surface area (Å²) in [7, 11) is -3.85. The Morgan fingerprint density at radius 1 is 1.37 bits per heavy atom. The fourth-order valence-electron chi connectivity index (χ4n) is 1.92. The summed E-state index contributed by atoms with van der Waals surface area (Å²) in [5.41, 5.74) is -0.471. The Morgan fingerprint density at radius 3 is 2.58 bits per heavy atom. The molecular formula is C11H13NO6S. The minimum Gasteiger partial charge on any atom is -0.507 e. The largest absolute Gasteiger partial charge is 0.507 e. The second-order valence-electron chi connectivity index (χ2n) is 4.29. The van der Waals surface area contributed by atoms with E-state index in [9.17, 15) is 23.4 Å². The fourth-order valence-corrected chi connectivity index (χ4v) is 3.44. The first-order chi connectivity index (χ1) is 8.82. The predicted molar refractivity (Wildman–Crippen MR) is 64.4 cm³/mol. The second kappa shape index (κ2) is 4.80. The number of rotatable bonds is 3. The number of carbonyl (C=O) groups is 1. The number of carboxylic acid groups (broad SMARTS) is 1. The molecule has 0 aliphatic carbocycles. The summed E-state index contributed by atoms with van der Waals surface area (Å²) < 4.78 is 25.5. The maximum absolute atomic E-state index is 12.2. The third kappa shape index (κ3) is 2.55. The maximum Gasteiger partial charge on any atom is 0.339 e. The Balaban J connectivity index is 2.41. The maximum atomic E-state index is 12.2. The van der Waals surface area contributed by atoms with Crippen LogP contribution in [0.2, 0.25) is 0 Å². The van der Waals surface area contributed by atoms with E-state index in [1.54, 1.807) is 0 Å². The van der Waals surface area contributed by atoms with Crippen molar-refractivity contribution in [1.82, 2.24) is 4.31 Å². The van der Waals surface area contributed by atoms with Crippen molar-refractivity contribution in [2.45, 2.75) is 17.4 Å². The van der Waals surface area contributed by atoms with Gasteiger partial charge in [-0.3, -0.25) is 0 Å². The highest BCUT2D eigenvalue weighted by Gasteiger charge is 2.32. The van der Waals surface area contributed by atoms with E-state index >= 15 is 0 Å². The first-order valence-corrected chi connectivity index (χ1v) is 7.01. The molecule has 1 aliphatic heterocycles. The molecular weight excluding hydrogens is 274 g/mol. The van der Waals surface area contributed by atoms with Crippen LogP contribution in [-0.2, 0) is 10.0 Å². The third-order valence-electron chi connectivity index (χ3n) is 2.96. The average molecular weight is 287 g/mol. The van der Waals surface area contributed by atoms with Gasteiger partial charge >= 0.3 is 5.97 Å². The number of aromatic hydroxyl groups is 1. The van der Waals surface area contributed by atoms with E-state index in [0.29, 0.717) is 6.42 Å². The first-order valence-electron chi connectivity index (χ1n) is 5.57. The molecule has 7 nitrogen and oxygen atoms in total. The van der Waals surface area contributed by atoms with Crippen molar-refractivity contribution in [1.29, 1.82) is 0 Å². The van der Waals surface area contributed by atoms with Gasteiger partial charge in [0.25, 0.3) is 0 Å². The van der Waals surface area contributed by atoms with Crippen LogP contribution in [0.4, 0.5) is 0 Å². The zero-order chi connectivity index (χ0) is 14.2. The topological polar surface area (TPSA) is 115 Å². The number of aromatic carboxylic acids is 1. The summed E-state index contributed by atoms with van der Waals surface area (Å²) in [5.74, 6) is -1.90. The van der Waals surface area contributed by atoms with E-state index < -0.39 is 33.4 Å². The van der Waals surface area contributed by atoms with Crippen LogP contribution in [0, 0.1) is 0 Å². The Morgan fingerprint density at radius 2 is 2.05 bits per heavy atom. The average Bonchev–Trinajstić information content (AvgIpc) is 2.76. The number of hydrogen-bond donors (Lipinski definition) is 3. The van der Waals surface area contributed by atoms with Crippen LogP contribution in [0.1, 0.15) is 16.8 Å². The molecule has 2 rings (SSSR count). The van der Waals surface area contributed by atoms with Crippen molar-refractivity contribution in [3.05, 3.63) is 23.8 Å². The number of phenols is 1. The van der Waals surface area contributed by atoms with Gasteiger partial charge in [0, 0.05) is 13.1 Å². The second-order valence-corrected chi connectivity index (χ2v) is 6.23. The molecule has 0 unspecified atom stereocenters. The predicted octanol–water partition coefficient (Wildman–Crippen LogP) is -0.154. The number of sulfonamides is 1. The number of carboxylic acids is 1. The molecule has 0 spiro atoms. The van der Waals surface area contributed by atoms with E-state index in [4.69, 9.17) is 5.11 Å². The third-order valence-corrected chi connectivity index (χ3v) is 4.82. The smallest absolute Gasteiger partial charge is 0.339 e. The minimum absolute atomic E-state index is 0.00832. The summed E-state index contributed by atoms with van der Waals surface area (Å²) in [5, 5.41) is 27.6. The highest BCUT2D eigenvalue weighted by Crippen LogP contribution is 2.25. The standard InChI is InChI=1S/C11H13NO6S/c13-7-3-4-12(6-7)19(17,18)8-1-2-10(14)9(5-8)11(15)16/h1-2,5,7,13-14H,3-4,6H2,(H,15,16)/t7-/m1/s1. The lowest BCUT2D eigenvalue weighted by molar-refractivity contribution is 0.0693. The zero-order valence-corrected chi connectivity index (χ0v) is 10.7. The van der Waals surface area contributed by atoms with Crippen LogP contribution in [0.5, 0.6) is 5.75 Å². The lowest BCUT2D eigenvalue weighted by atomic mass is 10.2. The van der Waals surface area contributed by atoms with Crippen molar-refractivity contribution < 1.29 is 28.5 Å². The minimum atomic E-state index is -3.85. The van der Waals surface area contributed by atoms with Crippen molar-refractivity contribution in [3.8, 4) is 5.75 Å². The summed E-state index contributed by atoms with van der Waals surface area (Å²) >= 11 is 0. The Kier molecular flexibility index (Phi) is 3.48. The number of hydrogen-bond acceptors (Lipinski definition) is 5. The highest BCUT2D eigenvalue weighted by atomic mass is 32.2. The van der Waals surface area contributed by atoms with E-state index in [1.165, 1.54) is 0 Å². The molecule has 0 bridgehead atoms. The van der Waals surface area contributed by atoms with Gasteiger partial charge in [0.15, 0.2) is 0 Å². The summed E-state index contributed by atoms with van der Waals surface area (Å²) in [6.45, 7) is 0.179. The van der Waals surface area contributed by atoms with Crippen LogP contribution in [-0.4, -0.2) is 53.2 Å². The number of nitrogens with zero attached hydrogens (tertiary/aromatic N) is 1. The molecule has 3 N–H and O–H groups in total. The Labute approximate surface area is 109 Å². The SMILES string of the molecule is O=C(O)c1cc(S(=O)(=O)N2CC[C@@H](O)C2)ccc1O. The molecule has 104 valence electrons. The van der Waals surface area contributed by atoms with Crippen LogP contribution >= 0.6 is 0 Å². The van der Waals surface area contributed by atoms with Gasteiger partial charge in [0.05, 0.1) is 11.0 Å². The van der Waals surface area contributed by atoms with E-state index in [-0.39, 0.29) is 18.0 Å². The van der Waals surface area contributed by atoms with Crippen LogP contribution in [0.15, 0.2) is 23.1 Å². The molecule has 1 aromatic carbocycles. The van der Waals surface area contributed by atoms with Gasteiger partial charge in [-0.05, 0) is 24.6 Å². The molecule has 1 atom stereocenters. The van der Waals surface area contributed by atoms with Gasteiger partial charge in [-0.1, -0.05) is 0 Å². The van der Waals surface area contributed by atoms with Crippen LogP contribution < -0.4 is 0 Å². The molecule has 0 aromatic heterocycles. The first kappa shape index (κ1) is 13.8. The van der Waals surface area contributed by atoms with E-state index in [0.717, 1.165) is 22.5 Å². The van der Waals surface area contributed by atoms with Crippen molar-refractivity contribution in [3.63, 3.8) is 0 Å². The molecule has 0 radical (unpaired) electrons. The summed E-state index contributed by atoms with van der Waals surface area (Å²) in [6.07, 6.45) is -0.353. The number of benzene rings is 1. The van der Waals surface area contributed by atoms with E-state index in [2.05, 4.69) is 0 Å². The van der Waals surface area contributed by atoms with Crippen molar-refractivity contribution >= 4 is 16.0 Å². The molecule has 8 heteroatoms. The quantitative estimate of drug-likeness (QED) is 0.712. The summed E-state index contributed by atoms with van der Waals surface area (Å²) in [6, 6.07) is 3.09. The fraction of sp³-hybridized carbons (Fsp3) is 0.364. The highest BCUT2D eigenvalue weighted by molar-refractivity contribution is 7.89. The van der Waals surface area contributed by atoms with Gasteiger partial charge in [-0.2, -0.15) is 4.31 Å². The summed E-state index contributed by atoms with van der Waals surface area (Å²) in [4.78, 5) is 10.7. The van der Waals surface area contributed by atoms with Crippen molar-refractivity contribution in [2.75, 3.05) is 13.1 Å². The number of aliphatic hydroxyl groups excluding tert-OH is 1. The molecule has 0 saturated carbocycles. The molecule has 1 aliphatic rings. The molecule has 0 amide bonds. The van der Waals surface area contributed by atoms with E-state index in [1.807, 2.05) is 0 Å².